The van der Waals surface area contributed by atoms with Crippen molar-refractivity contribution in [3.05, 3.63) is 42.4 Å². The van der Waals surface area contributed by atoms with Gasteiger partial charge in [-0.2, -0.15) is 0 Å². The van der Waals surface area contributed by atoms with Crippen LogP contribution in [0.15, 0.2) is 41.0 Å². The van der Waals surface area contributed by atoms with Crippen LogP contribution < -0.4 is 14.5 Å². The number of thiazole rings is 1. The Morgan fingerprint density at radius 2 is 2.19 bits per heavy atom. The smallest absolute Gasteiger partial charge is 0.295 e. The quantitative estimate of drug-likeness (QED) is 0.658. The lowest BCUT2D eigenvalue weighted by Crippen LogP contribution is -3.05. The van der Waals surface area contributed by atoms with Crippen molar-refractivity contribution in [1.82, 2.24) is 4.98 Å². The average molecular weight is 374 g/mol. The highest BCUT2D eigenvalue weighted by molar-refractivity contribution is 7.22. The van der Waals surface area contributed by atoms with Crippen LogP contribution in [0.3, 0.4) is 0 Å². The van der Waals surface area contributed by atoms with E-state index in [1.54, 1.807) is 17.0 Å². The minimum atomic E-state index is -0.159. The van der Waals surface area contributed by atoms with E-state index in [1.807, 2.05) is 25.1 Å². The summed E-state index contributed by atoms with van der Waals surface area (Å²) in [5.74, 6) is 0.986. The van der Waals surface area contributed by atoms with Gasteiger partial charge in [-0.25, -0.2) is 4.98 Å². The first-order chi connectivity index (χ1) is 12.6. The Morgan fingerprint density at radius 1 is 1.35 bits per heavy atom. The van der Waals surface area contributed by atoms with E-state index in [0.717, 1.165) is 28.9 Å². The lowest BCUT2D eigenvalue weighted by atomic mass is 10.3. The number of aromatic nitrogens is 1. The summed E-state index contributed by atoms with van der Waals surface area (Å²) in [4.78, 5) is 20.6. The summed E-state index contributed by atoms with van der Waals surface area (Å²) in [5.41, 5.74) is 0.865. The Balaban J connectivity index is 1.89. The first-order valence-corrected chi connectivity index (χ1v) is 9.58. The molecule has 0 fully saturated rings. The third kappa shape index (κ3) is 4.23. The molecule has 0 saturated carbocycles. The number of ether oxygens (including phenoxy) is 1. The highest BCUT2D eigenvalue weighted by atomic mass is 32.1. The molecule has 0 atom stereocenters. The van der Waals surface area contributed by atoms with Gasteiger partial charge in [0, 0.05) is 13.0 Å². The summed E-state index contributed by atoms with van der Waals surface area (Å²) in [6.07, 6.45) is 2.40. The van der Waals surface area contributed by atoms with E-state index in [2.05, 4.69) is 19.1 Å². The number of fused-ring (bicyclic) bond motifs is 1. The SMILES string of the molecule is CCOc1ccc2nc(N(CCC[NH+](C)C)C(=O)c3ccco3)sc2c1. The number of benzene rings is 1. The maximum Gasteiger partial charge on any atom is 0.295 e. The Hall–Kier alpha value is -2.38. The first-order valence-electron chi connectivity index (χ1n) is 8.76. The van der Waals surface area contributed by atoms with E-state index in [4.69, 9.17) is 9.15 Å². The molecule has 0 saturated heterocycles. The van der Waals surface area contributed by atoms with Crippen LogP contribution in [0.25, 0.3) is 10.2 Å². The van der Waals surface area contributed by atoms with E-state index in [9.17, 15) is 4.79 Å². The second-order valence-corrected chi connectivity index (χ2v) is 7.31. The van der Waals surface area contributed by atoms with Gasteiger partial charge in [0.25, 0.3) is 5.91 Å². The highest BCUT2D eigenvalue weighted by Gasteiger charge is 2.23. The van der Waals surface area contributed by atoms with Crippen molar-refractivity contribution in [2.75, 3.05) is 38.7 Å². The molecular weight excluding hydrogens is 350 g/mol. The summed E-state index contributed by atoms with van der Waals surface area (Å²) >= 11 is 1.50. The van der Waals surface area contributed by atoms with Gasteiger partial charge in [0.05, 0.1) is 43.7 Å². The van der Waals surface area contributed by atoms with Gasteiger partial charge in [0.1, 0.15) is 5.75 Å². The van der Waals surface area contributed by atoms with Crippen LogP contribution in [-0.2, 0) is 0 Å². The molecule has 0 aliphatic carbocycles. The van der Waals surface area contributed by atoms with Crippen LogP contribution in [0, 0.1) is 0 Å². The fraction of sp³-hybridized carbons (Fsp3) is 0.368. The maximum absolute atomic E-state index is 12.9. The lowest BCUT2D eigenvalue weighted by Gasteiger charge is -2.19. The lowest BCUT2D eigenvalue weighted by molar-refractivity contribution is -0.858. The minimum absolute atomic E-state index is 0.159. The van der Waals surface area contributed by atoms with Gasteiger partial charge < -0.3 is 14.1 Å². The third-order valence-corrected chi connectivity index (χ3v) is 4.97. The largest absolute Gasteiger partial charge is 0.494 e. The zero-order valence-electron chi connectivity index (χ0n) is 15.3. The van der Waals surface area contributed by atoms with E-state index in [0.29, 0.717) is 24.0 Å². The molecule has 3 rings (SSSR count). The predicted octanol–water partition coefficient (Wildman–Crippen LogP) is 2.47. The molecule has 2 heterocycles. The molecule has 2 aromatic heterocycles. The second-order valence-electron chi connectivity index (χ2n) is 6.30. The molecule has 0 aliphatic rings. The summed E-state index contributed by atoms with van der Waals surface area (Å²) in [6, 6.07) is 9.22. The van der Waals surface area contributed by atoms with Gasteiger partial charge in [0.15, 0.2) is 10.9 Å². The number of carbonyl (C=O) groups excluding carboxylic acids is 1. The Kier molecular flexibility index (Phi) is 5.90. The molecule has 26 heavy (non-hydrogen) atoms. The maximum atomic E-state index is 12.9. The van der Waals surface area contributed by atoms with Crippen LogP contribution >= 0.6 is 11.3 Å². The molecule has 0 spiro atoms. The molecule has 1 N–H and O–H groups in total. The minimum Gasteiger partial charge on any atom is -0.494 e. The number of nitrogens with zero attached hydrogens (tertiary/aromatic N) is 2. The van der Waals surface area contributed by atoms with Gasteiger partial charge in [-0.1, -0.05) is 11.3 Å². The molecular formula is C19H24N3O3S+. The van der Waals surface area contributed by atoms with Gasteiger partial charge in [0.2, 0.25) is 0 Å². The fourth-order valence-electron chi connectivity index (χ4n) is 2.67. The Morgan fingerprint density at radius 3 is 2.88 bits per heavy atom. The van der Waals surface area contributed by atoms with Crippen LogP contribution in [0.1, 0.15) is 23.9 Å². The van der Waals surface area contributed by atoms with E-state index < -0.39 is 0 Å². The number of nitrogens with one attached hydrogen (secondary N) is 1. The molecule has 0 aliphatic heterocycles. The molecule has 6 nitrogen and oxygen atoms in total. The van der Waals surface area contributed by atoms with E-state index in [1.165, 1.54) is 22.5 Å². The van der Waals surface area contributed by atoms with Gasteiger partial charge in [-0.05, 0) is 37.3 Å². The first kappa shape index (κ1) is 18.4. The van der Waals surface area contributed by atoms with Gasteiger partial charge in [-0.15, -0.1) is 0 Å². The van der Waals surface area contributed by atoms with Crippen molar-refractivity contribution < 1.29 is 18.8 Å². The summed E-state index contributed by atoms with van der Waals surface area (Å²) in [5, 5.41) is 0.684. The normalized spacial score (nSPS) is 11.2. The van der Waals surface area contributed by atoms with Crippen LogP contribution in [0.4, 0.5) is 5.13 Å². The number of furan rings is 1. The van der Waals surface area contributed by atoms with Crippen molar-refractivity contribution >= 4 is 32.6 Å². The molecule has 1 aromatic carbocycles. The van der Waals surface area contributed by atoms with Crippen LogP contribution in [0.5, 0.6) is 5.75 Å². The standard InChI is InChI=1S/C19H23N3O3S/c1-4-24-14-8-9-15-17(13-14)26-19(20-15)22(11-6-10-21(2)3)18(23)16-7-5-12-25-16/h5,7-9,12-13H,4,6,10-11H2,1-3H3/p+1. The summed E-state index contributed by atoms with van der Waals surface area (Å²) in [6.45, 7) is 4.15. The highest BCUT2D eigenvalue weighted by Crippen LogP contribution is 2.32. The topological polar surface area (TPSA) is 60.0 Å². The number of hydrogen-bond donors (Lipinski definition) is 1. The van der Waals surface area contributed by atoms with Gasteiger partial charge in [-0.3, -0.25) is 9.69 Å². The number of anilines is 1. The molecule has 7 heteroatoms. The van der Waals surface area contributed by atoms with Crippen LogP contribution in [-0.4, -0.2) is 44.7 Å². The summed E-state index contributed by atoms with van der Waals surface area (Å²) < 4.78 is 11.9. The Labute approximate surface area is 157 Å². The molecule has 3 aromatic rings. The van der Waals surface area contributed by atoms with Crippen molar-refractivity contribution in [2.45, 2.75) is 13.3 Å². The number of amides is 1. The number of rotatable bonds is 8. The third-order valence-electron chi connectivity index (χ3n) is 3.93. The average Bonchev–Trinajstić information content (AvgIpc) is 3.27. The van der Waals surface area contributed by atoms with E-state index in [-0.39, 0.29) is 5.91 Å². The van der Waals surface area contributed by atoms with Crippen molar-refractivity contribution in [1.29, 1.82) is 0 Å². The Bertz CT molecular complexity index is 858. The zero-order valence-corrected chi connectivity index (χ0v) is 16.1. The molecule has 0 bridgehead atoms. The molecule has 0 unspecified atom stereocenters. The summed E-state index contributed by atoms with van der Waals surface area (Å²) in [7, 11) is 4.21. The number of quaternary nitrogens is 1. The van der Waals surface area contributed by atoms with Gasteiger partial charge >= 0.3 is 0 Å². The number of carbonyl (C=O) groups is 1. The van der Waals surface area contributed by atoms with E-state index >= 15 is 0 Å². The van der Waals surface area contributed by atoms with Crippen molar-refractivity contribution in [2.24, 2.45) is 0 Å². The number of hydrogen-bond acceptors (Lipinski definition) is 5. The van der Waals surface area contributed by atoms with Crippen molar-refractivity contribution in [3.63, 3.8) is 0 Å². The van der Waals surface area contributed by atoms with Crippen LogP contribution in [0.2, 0.25) is 0 Å². The molecule has 1 amide bonds. The molecule has 138 valence electrons. The monoisotopic (exact) mass is 374 g/mol. The zero-order chi connectivity index (χ0) is 18.5. The fourth-order valence-corrected chi connectivity index (χ4v) is 3.69. The van der Waals surface area contributed by atoms with Crippen molar-refractivity contribution in [3.8, 4) is 5.75 Å². The molecule has 0 radical (unpaired) electrons. The second kappa shape index (κ2) is 8.33. The predicted molar refractivity (Wildman–Crippen MR) is 103 cm³/mol.